The molecular weight excluding hydrogens is 437 g/mol. The monoisotopic (exact) mass is 463 g/mol. The number of amides is 2. The molecule has 10 heteroatoms. The summed E-state index contributed by atoms with van der Waals surface area (Å²) in [6.45, 7) is 2.54. The fourth-order valence-electron chi connectivity index (χ4n) is 3.43. The van der Waals surface area contributed by atoms with Gasteiger partial charge >= 0.3 is 0 Å². The van der Waals surface area contributed by atoms with Gasteiger partial charge in [0.15, 0.2) is 6.61 Å². The van der Waals surface area contributed by atoms with Crippen molar-refractivity contribution in [1.82, 2.24) is 9.62 Å². The molecule has 1 heterocycles. The van der Waals surface area contributed by atoms with Crippen molar-refractivity contribution in [3.8, 4) is 5.75 Å². The number of nitrogens with one attached hydrogen (secondary N) is 2. The maximum atomic E-state index is 13.9. The molecule has 0 radical (unpaired) electrons. The van der Waals surface area contributed by atoms with E-state index >= 15 is 0 Å². The number of nitrogens with zero attached hydrogens (tertiary/aromatic N) is 1. The average Bonchev–Trinajstić information content (AvgIpc) is 2.79. The number of rotatable bonds is 8. The summed E-state index contributed by atoms with van der Waals surface area (Å²) in [6.07, 6.45) is 0.681. The highest BCUT2D eigenvalue weighted by Crippen LogP contribution is 2.26. The standard InChI is InChI=1S/C22H26FN3O5S/c1-2-24-21(27)15-31-18-9-7-17(8-10-18)25-22(28)16-11-13-26(14-12-16)32(29,30)20-6-4-3-5-19(20)23/h3-10,16H,2,11-15H2,1H3,(H,24,27)(H,25,28). The van der Waals surface area contributed by atoms with Gasteiger partial charge in [-0.2, -0.15) is 4.31 Å². The van der Waals surface area contributed by atoms with E-state index in [0.29, 0.717) is 30.8 Å². The fourth-order valence-corrected chi connectivity index (χ4v) is 4.96. The molecule has 1 aliphatic heterocycles. The second kappa shape index (κ2) is 10.6. The Labute approximate surface area is 186 Å². The molecule has 172 valence electrons. The van der Waals surface area contributed by atoms with E-state index in [4.69, 9.17) is 4.74 Å². The first kappa shape index (κ1) is 23.7. The molecule has 0 saturated carbocycles. The van der Waals surface area contributed by atoms with Gasteiger partial charge in [0.1, 0.15) is 16.5 Å². The van der Waals surface area contributed by atoms with Gasteiger partial charge < -0.3 is 15.4 Å². The third kappa shape index (κ3) is 5.83. The first-order valence-corrected chi connectivity index (χ1v) is 11.8. The molecule has 2 aromatic carbocycles. The van der Waals surface area contributed by atoms with Gasteiger partial charge in [0, 0.05) is 31.2 Å². The smallest absolute Gasteiger partial charge is 0.257 e. The Hall–Kier alpha value is -2.98. The number of likely N-dealkylation sites (N-methyl/N-ethyl adjacent to an activating group) is 1. The molecule has 32 heavy (non-hydrogen) atoms. The van der Waals surface area contributed by atoms with Crippen LogP contribution < -0.4 is 15.4 Å². The molecule has 0 bridgehead atoms. The van der Waals surface area contributed by atoms with E-state index in [2.05, 4.69) is 10.6 Å². The number of hydrogen-bond acceptors (Lipinski definition) is 5. The Balaban J connectivity index is 1.51. The summed E-state index contributed by atoms with van der Waals surface area (Å²) in [7, 11) is -3.94. The quantitative estimate of drug-likeness (QED) is 0.626. The summed E-state index contributed by atoms with van der Waals surface area (Å²) in [6, 6.07) is 11.9. The van der Waals surface area contributed by atoms with Crippen LogP contribution in [0.1, 0.15) is 19.8 Å². The van der Waals surface area contributed by atoms with Crippen molar-refractivity contribution in [2.45, 2.75) is 24.7 Å². The van der Waals surface area contributed by atoms with Gasteiger partial charge in [0.05, 0.1) is 0 Å². The van der Waals surface area contributed by atoms with Crippen LogP contribution in [0.5, 0.6) is 5.75 Å². The summed E-state index contributed by atoms with van der Waals surface area (Å²) in [5, 5.41) is 5.45. The van der Waals surface area contributed by atoms with E-state index in [1.54, 1.807) is 24.3 Å². The zero-order valence-electron chi connectivity index (χ0n) is 17.7. The predicted molar refractivity (Wildman–Crippen MR) is 117 cm³/mol. The van der Waals surface area contributed by atoms with E-state index in [9.17, 15) is 22.4 Å². The molecule has 8 nitrogen and oxygen atoms in total. The van der Waals surface area contributed by atoms with Gasteiger partial charge in [0.2, 0.25) is 15.9 Å². The van der Waals surface area contributed by atoms with E-state index in [1.165, 1.54) is 22.5 Å². The average molecular weight is 464 g/mol. The van der Waals surface area contributed by atoms with E-state index < -0.39 is 15.8 Å². The fraction of sp³-hybridized carbons (Fsp3) is 0.364. The first-order valence-electron chi connectivity index (χ1n) is 10.4. The van der Waals surface area contributed by atoms with Crippen LogP contribution in [0, 0.1) is 11.7 Å². The summed E-state index contributed by atoms with van der Waals surface area (Å²) >= 11 is 0. The largest absolute Gasteiger partial charge is 0.484 e. The van der Waals surface area contributed by atoms with E-state index in [0.717, 1.165) is 6.07 Å². The normalized spacial score (nSPS) is 15.2. The van der Waals surface area contributed by atoms with Crippen molar-refractivity contribution in [1.29, 1.82) is 0 Å². The number of benzene rings is 2. The Kier molecular flexibility index (Phi) is 7.81. The van der Waals surface area contributed by atoms with Crippen LogP contribution in [0.15, 0.2) is 53.4 Å². The van der Waals surface area contributed by atoms with Gasteiger partial charge in [-0.3, -0.25) is 9.59 Å². The second-order valence-corrected chi connectivity index (χ2v) is 9.27. The number of hydrogen-bond donors (Lipinski definition) is 2. The second-order valence-electron chi connectivity index (χ2n) is 7.36. The highest BCUT2D eigenvalue weighted by molar-refractivity contribution is 7.89. The SMILES string of the molecule is CCNC(=O)COc1ccc(NC(=O)C2CCN(S(=O)(=O)c3ccccc3F)CC2)cc1. The molecule has 0 spiro atoms. The van der Waals surface area contributed by atoms with E-state index in [1.807, 2.05) is 6.92 Å². The van der Waals surface area contributed by atoms with Crippen molar-refractivity contribution in [2.24, 2.45) is 5.92 Å². The van der Waals surface area contributed by atoms with Gasteiger partial charge in [-0.05, 0) is 56.2 Å². The molecule has 2 N–H and O–H groups in total. The van der Waals surface area contributed by atoms with Gasteiger partial charge in [-0.15, -0.1) is 0 Å². The molecule has 2 aromatic rings. The minimum absolute atomic E-state index is 0.0894. The zero-order valence-corrected chi connectivity index (χ0v) is 18.5. The lowest BCUT2D eigenvalue weighted by molar-refractivity contribution is -0.123. The van der Waals surface area contributed by atoms with Crippen molar-refractivity contribution in [3.63, 3.8) is 0 Å². The highest BCUT2D eigenvalue weighted by atomic mass is 32.2. The molecular formula is C22H26FN3O5S. The van der Waals surface area contributed by atoms with Crippen molar-refractivity contribution in [3.05, 3.63) is 54.3 Å². The van der Waals surface area contributed by atoms with Crippen LogP contribution in [0.2, 0.25) is 0 Å². The summed E-state index contributed by atoms with van der Waals surface area (Å²) < 4.78 is 45.9. The number of anilines is 1. The van der Waals surface area contributed by atoms with Gasteiger partial charge in [-0.1, -0.05) is 12.1 Å². The summed E-state index contributed by atoms with van der Waals surface area (Å²) in [5.74, 6) is -1.06. The molecule has 3 rings (SSSR count). The lowest BCUT2D eigenvalue weighted by Crippen LogP contribution is -2.41. The van der Waals surface area contributed by atoms with Crippen LogP contribution in [-0.2, 0) is 19.6 Å². The topological polar surface area (TPSA) is 105 Å². The number of sulfonamides is 1. The Bertz CT molecular complexity index is 1050. The summed E-state index contributed by atoms with van der Waals surface area (Å²) in [4.78, 5) is 23.7. The lowest BCUT2D eigenvalue weighted by atomic mass is 9.97. The van der Waals surface area contributed by atoms with Crippen LogP contribution >= 0.6 is 0 Å². The lowest BCUT2D eigenvalue weighted by Gasteiger charge is -2.30. The zero-order chi connectivity index (χ0) is 23.1. The molecule has 0 aliphatic carbocycles. The van der Waals surface area contributed by atoms with Crippen LogP contribution in [-0.4, -0.2) is 50.8 Å². The Morgan fingerprint density at radius 1 is 1.09 bits per heavy atom. The molecule has 2 amide bonds. The third-order valence-electron chi connectivity index (χ3n) is 5.14. The van der Waals surface area contributed by atoms with Crippen LogP contribution in [0.3, 0.4) is 0 Å². The molecule has 0 atom stereocenters. The minimum Gasteiger partial charge on any atom is -0.484 e. The Morgan fingerprint density at radius 3 is 2.38 bits per heavy atom. The maximum Gasteiger partial charge on any atom is 0.257 e. The first-order chi connectivity index (χ1) is 15.3. The van der Waals surface area contributed by atoms with Crippen molar-refractivity contribution < 1.29 is 27.1 Å². The molecule has 1 saturated heterocycles. The highest BCUT2D eigenvalue weighted by Gasteiger charge is 2.33. The third-order valence-corrected chi connectivity index (χ3v) is 7.08. The van der Waals surface area contributed by atoms with E-state index in [-0.39, 0.29) is 42.3 Å². The maximum absolute atomic E-state index is 13.9. The van der Waals surface area contributed by atoms with Gasteiger partial charge in [0.25, 0.3) is 5.91 Å². The molecule has 0 unspecified atom stereocenters. The van der Waals surface area contributed by atoms with Crippen LogP contribution in [0.25, 0.3) is 0 Å². The molecule has 1 aliphatic rings. The van der Waals surface area contributed by atoms with Crippen molar-refractivity contribution in [2.75, 3.05) is 31.6 Å². The predicted octanol–water partition coefficient (Wildman–Crippen LogP) is 2.38. The molecule has 1 fully saturated rings. The number of halogens is 1. The van der Waals surface area contributed by atoms with Gasteiger partial charge in [-0.25, -0.2) is 12.8 Å². The number of piperidine rings is 1. The minimum atomic E-state index is -3.94. The van der Waals surface area contributed by atoms with Crippen LogP contribution in [0.4, 0.5) is 10.1 Å². The Morgan fingerprint density at radius 2 is 1.75 bits per heavy atom. The summed E-state index contributed by atoms with van der Waals surface area (Å²) in [5.41, 5.74) is 0.571. The number of ether oxygens (including phenoxy) is 1. The number of carbonyl (C=O) groups excluding carboxylic acids is 2. The number of carbonyl (C=O) groups is 2. The molecule has 0 aromatic heterocycles. The van der Waals surface area contributed by atoms with Crippen molar-refractivity contribution >= 4 is 27.5 Å².